The largest absolute Gasteiger partial charge is 0.439 e. The minimum Gasteiger partial charge on any atom is -0.439 e. The highest BCUT2D eigenvalue weighted by Gasteiger charge is 2.30. The summed E-state index contributed by atoms with van der Waals surface area (Å²) in [6.45, 7) is 3.62. The summed E-state index contributed by atoms with van der Waals surface area (Å²) in [4.78, 5) is 36.6. The van der Waals surface area contributed by atoms with Crippen molar-refractivity contribution >= 4 is 34.6 Å². The Hall–Kier alpha value is -4.71. The average Bonchev–Trinajstić information content (AvgIpc) is 3.65. The fraction of sp³-hybridized carbons (Fsp3) is 0.222. The number of carbonyl (C=O) groups is 2. The Kier molecular flexibility index (Phi) is 5.86. The van der Waals surface area contributed by atoms with Crippen molar-refractivity contribution in [2.24, 2.45) is 5.92 Å². The Morgan fingerprint density at radius 1 is 1.06 bits per heavy atom. The van der Waals surface area contributed by atoms with E-state index in [9.17, 15) is 14.9 Å². The number of aromatic nitrogens is 3. The van der Waals surface area contributed by atoms with Gasteiger partial charge in [-0.05, 0) is 62.6 Å². The zero-order chi connectivity index (χ0) is 25.3. The lowest BCUT2D eigenvalue weighted by molar-refractivity contribution is -0.117. The van der Waals surface area contributed by atoms with E-state index < -0.39 is 5.41 Å². The standard InChI is InChI=1S/C27H24N6O3/c1-27(2,15-28)18-6-3-5-17(13-18)25(35)29-19-7-4-8-20(14-19)36-22-12-11-21-23(31-22)32-26(30-21)33-24(34)16-9-10-16/h3-8,11-14,16H,9-10H2,1-2H3,(H,29,35)(H2,30,31,32,33,34). The van der Waals surface area contributed by atoms with Crippen LogP contribution in [0.25, 0.3) is 11.2 Å². The van der Waals surface area contributed by atoms with Crippen molar-refractivity contribution in [3.63, 3.8) is 0 Å². The van der Waals surface area contributed by atoms with E-state index in [-0.39, 0.29) is 17.7 Å². The fourth-order valence-electron chi connectivity index (χ4n) is 3.63. The molecule has 3 N–H and O–H groups in total. The summed E-state index contributed by atoms with van der Waals surface area (Å²) in [6, 6.07) is 19.7. The van der Waals surface area contributed by atoms with E-state index in [1.807, 2.05) is 19.9 Å². The quantitative estimate of drug-likeness (QED) is 0.335. The van der Waals surface area contributed by atoms with Crippen LogP contribution in [0.15, 0.2) is 60.7 Å². The SMILES string of the molecule is CC(C)(C#N)c1cccc(C(=O)Nc2cccc(Oc3ccc4[nH]c(NC(=O)C5CC5)nc4n3)c2)c1. The second kappa shape index (κ2) is 9.15. The van der Waals surface area contributed by atoms with Crippen molar-refractivity contribution < 1.29 is 14.3 Å². The van der Waals surface area contributed by atoms with Gasteiger partial charge in [-0.15, -0.1) is 0 Å². The van der Waals surface area contributed by atoms with Crippen LogP contribution in [0, 0.1) is 17.2 Å². The first-order valence-electron chi connectivity index (χ1n) is 11.6. The number of ether oxygens (including phenoxy) is 1. The van der Waals surface area contributed by atoms with Gasteiger partial charge in [0.05, 0.1) is 17.0 Å². The lowest BCUT2D eigenvalue weighted by Gasteiger charge is -2.16. The molecule has 0 saturated heterocycles. The first kappa shape index (κ1) is 23.1. The minimum absolute atomic E-state index is 0.0371. The highest BCUT2D eigenvalue weighted by molar-refractivity contribution is 6.04. The molecule has 9 heteroatoms. The Morgan fingerprint density at radius 3 is 2.64 bits per heavy atom. The van der Waals surface area contributed by atoms with Crippen LogP contribution in [0.3, 0.4) is 0 Å². The molecule has 2 heterocycles. The molecule has 1 aliphatic rings. The van der Waals surface area contributed by atoms with Gasteiger partial charge in [0.15, 0.2) is 5.65 Å². The molecule has 0 unspecified atom stereocenters. The summed E-state index contributed by atoms with van der Waals surface area (Å²) < 4.78 is 5.89. The molecule has 36 heavy (non-hydrogen) atoms. The number of anilines is 2. The third-order valence-corrected chi connectivity index (χ3v) is 5.95. The van der Waals surface area contributed by atoms with E-state index in [0.29, 0.717) is 40.0 Å². The number of benzene rings is 2. The van der Waals surface area contributed by atoms with Gasteiger partial charge in [0, 0.05) is 29.3 Å². The molecule has 0 radical (unpaired) electrons. The molecule has 5 rings (SSSR count). The molecule has 9 nitrogen and oxygen atoms in total. The van der Waals surface area contributed by atoms with Gasteiger partial charge in [-0.1, -0.05) is 18.2 Å². The zero-order valence-electron chi connectivity index (χ0n) is 19.8. The van der Waals surface area contributed by atoms with Crippen LogP contribution in [0.2, 0.25) is 0 Å². The molecule has 1 saturated carbocycles. The molecule has 2 amide bonds. The topological polar surface area (TPSA) is 133 Å². The first-order valence-corrected chi connectivity index (χ1v) is 11.6. The average molecular weight is 481 g/mol. The molecule has 1 aliphatic carbocycles. The van der Waals surface area contributed by atoms with E-state index in [1.54, 1.807) is 54.6 Å². The lowest BCUT2D eigenvalue weighted by atomic mass is 9.85. The third-order valence-electron chi connectivity index (χ3n) is 5.95. The number of hydrogen-bond donors (Lipinski definition) is 3. The maximum Gasteiger partial charge on any atom is 0.255 e. The van der Waals surface area contributed by atoms with Crippen LogP contribution in [0.4, 0.5) is 11.6 Å². The van der Waals surface area contributed by atoms with Gasteiger partial charge in [-0.2, -0.15) is 15.2 Å². The molecule has 2 aromatic carbocycles. The number of aromatic amines is 1. The molecule has 0 atom stereocenters. The van der Waals surface area contributed by atoms with Crippen LogP contribution >= 0.6 is 0 Å². The highest BCUT2D eigenvalue weighted by atomic mass is 16.5. The van der Waals surface area contributed by atoms with Gasteiger partial charge in [-0.25, -0.2) is 0 Å². The third kappa shape index (κ3) is 5.03. The smallest absolute Gasteiger partial charge is 0.255 e. The Bertz CT molecular complexity index is 1510. The van der Waals surface area contributed by atoms with Crippen LogP contribution in [0.1, 0.15) is 42.6 Å². The van der Waals surface area contributed by atoms with Crippen molar-refractivity contribution in [2.75, 3.05) is 10.6 Å². The summed E-state index contributed by atoms with van der Waals surface area (Å²) in [5.74, 6) is 0.912. The van der Waals surface area contributed by atoms with Crippen molar-refractivity contribution in [1.82, 2.24) is 15.0 Å². The molecular weight excluding hydrogens is 456 g/mol. The van der Waals surface area contributed by atoms with E-state index in [2.05, 4.69) is 31.7 Å². The maximum absolute atomic E-state index is 12.8. The number of imidazole rings is 1. The maximum atomic E-state index is 12.8. The fourth-order valence-corrected chi connectivity index (χ4v) is 3.63. The molecule has 0 aliphatic heterocycles. The first-order chi connectivity index (χ1) is 17.3. The number of nitrogens with one attached hydrogen (secondary N) is 3. The molecule has 4 aromatic rings. The van der Waals surface area contributed by atoms with Crippen molar-refractivity contribution in [3.05, 3.63) is 71.8 Å². The van der Waals surface area contributed by atoms with Gasteiger partial charge < -0.3 is 15.0 Å². The van der Waals surface area contributed by atoms with Gasteiger partial charge in [0.2, 0.25) is 17.7 Å². The molecular formula is C27H24N6O3. The number of rotatable bonds is 7. The van der Waals surface area contributed by atoms with Crippen LogP contribution < -0.4 is 15.4 Å². The summed E-state index contributed by atoms with van der Waals surface area (Å²) >= 11 is 0. The highest BCUT2D eigenvalue weighted by Crippen LogP contribution is 2.30. The monoisotopic (exact) mass is 480 g/mol. The molecule has 1 fully saturated rings. The zero-order valence-corrected chi connectivity index (χ0v) is 19.8. The number of amides is 2. The second-order valence-corrected chi connectivity index (χ2v) is 9.27. The molecule has 180 valence electrons. The van der Waals surface area contributed by atoms with Gasteiger partial charge in [0.25, 0.3) is 5.91 Å². The Morgan fingerprint density at radius 2 is 1.86 bits per heavy atom. The van der Waals surface area contributed by atoms with Crippen LogP contribution in [0.5, 0.6) is 11.6 Å². The number of carbonyl (C=O) groups excluding carboxylic acids is 2. The van der Waals surface area contributed by atoms with Crippen molar-refractivity contribution in [1.29, 1.82) is 5.26 Å². The summed E-state index contributed by atoms with van der Waals surface area (Å²) in [5, 5.41) is 15.0. The normalized spacial score (nSPS) is 13.1. The van der Waals surface area contributed by atoms with E-state index in [0.717, 1.165) is 18.4 Å². The number of hydrogen-bond acceptors (Lipinski definition) is 6. The number of nitriles is 1. The second-order valence-electron chi connectivity index (χ2n) is 9.27. The van der Waals surface area contributed by atoms with E-state index in [4.69, 9.17) is 4.74 Å². The number of pyridine rings is 1. The van der Waals surface area contributed by atoms with E-state index in [1.165, 1.54) is 0 Å². The van der Waals surface area contributed by atoms with Gasteiger partial charge in [-0.3, -0.25) is 14.9 Å². The predicted molar refractivity (Wildman–Crippen MR) is 135 cm³/mol. The van der Waals surface area contributed by atoms with E-state index >= 15 is 0 Å². The molecule has 0 spiro atoms. The van der Waals surface area contributed by atoms with Crippen LogP contribution in [-0.2, 0) is 10.2 Å². The number of fused-ring (bicyclic) bond motifs is 1. The number of nitrogens with zero attached hydrogens (tertiary/aromatic N) is 3. The molecule has 0 bridgehead atoms. The Labute approximate surface area is 207 Å². The number of H-pyrrole nitrogens is 1. The Balaban J connectivity index is 1.28. The van der Waals surface area contributed by atoms with Crippen molar-refractivity contribution in [3.8, 4) is 17.7 Å². The minimum atomic E-state index is -0.698. The predicted octanol–water partition coefficient (Wildman–Crippen LogP) is 5.15. The molecule has 2 aromatic heterocycles. The lowest BCUT2D eigenvalue weighted by Crippen LogP contribution is -2.17. The van der Waals surface area contributed by atoms with Gasteiger partial charge >= 0.3 is 0 Å². The summed E-state index contributed by atoms with van der Waals surface area (Å²) in [7, 11) is 0. The van der Waals surface area contributed by atoms with Crippen molar-refractivity contribution in [2.45, 2.75) is 32.1 Å². The summed E-state index contributed by atoms with van der Waals surface area (Å²) in [6.07, 6.45) is 1.82. The summed E-state index contributed by atoms with van der Waals surface area (Å²) in [5.41, 5.74) is 2.17. The van der Waals surface area contributed by atoms with Gasteiger partial charge in [0.1, 0.15) is 5.75 Å². The van der Waals surface area contributed by atoms with Crippen LogP contribution in [-0.4, -0.2) is 26.8 Å².